The molecule has 3 rings (SSSR count). The molecule has 2 aromatic carbocycles. The lowest BCUT2D eigenvalue weighted by Gasteiger charge is -2.19. The smallest absolute Gasteiger partial charge is 0.214 e. The molecule has 1 saturated heterocycles. The SMILES string of the molecule is CCNC(=NCC(Cc1ccccc1)c1ccccc1)NCCN1CCCS1(=O)=O. The number of sulfonamides is 1. The van der Waals surface area contributed by atoms with E-state index in [4.69, 9.17) is 4.99 Å². The Morgan fingerprint density at radius 2 is 1.77 bits per heavy atom. The zero-order valence-electron chi connectivity index (χ0n) is 17.6. The molecule has 0 spiro atoms. The molecular weight excluding hydrogens is 396 g/mol. The van der Waals surface area contributed by atoms with Crippen LogP contribution < -0.4 is 10.6 Å². The summed E-state index contributed by atoms with van der Waals surface area (Å²) in [5.74, 6) is 1.26. The summed E-state index contributed by atoms with van der Waals surface area (Å²) in [4.78, 5) is 4.81. The molecule has 2 N–H and O–H groups in total. The van der Waals surface area contributed by atoms with Gasteiger partial charge in [0.05, 0.1) is 5.75 Å². The van der Waals surface area contributed by atoms with E-state index in [2.05, 4.69) is 59.2 Å². The van der Waals surface area contributed by atoms with Gasteiger partial charge in [-0.2, -0.15) is 0 Å². The van der Waals surface area contributed by atoms with Gasteiger partial charge < -0.3 is 10.6 Å². The molecule has 30 heavy (non-hydrogen) atoms. The van der Waals surface area contributed by atoms with Crippen LogP contribution in [0.3, 0.4) is 0 Å². The summed E-state index contributed by atoms with van der Waals surface area (Å²) in [7, 11) is -3.06. The van der Waals surface area contributed by atoms with E-state index < -0.39 is 10.0 Å². The summed E-state index contributed by atoms with van der Waals surface area (Å²) in [6.45, 7) is 5.06. The van der Waals surface area contributed by atoms with Gasteiger partial charge in [0.25, 0.3) is 0 Å². The highest BCUT2D eigenvalue weighted by Gasteiger charge is 2.27. The summed E-state index contributed by atoms with van der Waals surface area (Å²) in [5.41, 5.74) is 2.56. The van der Waals surface area contributed by atoms with Crippen molar-refractivity contribution in [2.75, 3.05) is 38.5 Å². The Labute approximate surface area is 180 Å². The largest absolute Gasteiger partial charge is 0.357 e. The Kier molecular flexibility index (Phi) is 8.28. The Balaban J connectivity index is 1.64. The van der Waals surface area contributed by atoms with Gasteiger partial charge in [-0.3, -0.25) is 4.99 Å². The predicted molar refractivity (Wildman–Crippen MR) is 123 cm³/mol. The zero-order chi connectivity index (χ0) is 21.2. The van der Waals surface area contributed by atoms with Crippen molar-refractivity contribution in [3.63, 3.8) is 0 Å². The van der Waals surface area contributed by atoms with Gasteiger partial charge in [-0.05, 0) is 30.9 Å². The van der Waals surface area contributed by atoms with Gasteiger partial charge in [0.1, 0.15) is 0 Å². The molecule has 1 atom stereocenters. The second-order valence-electron chi connectivity index (χ2n) is 7.51. The molecule has 0 bridgehead atoms. The average Bonchev–Trinajstić information content (AvgIpc) is 3.10. The van der Waals surface area contributed by atoms with Crippen LogP contribution in [0.2, 0.25) is 0 Å². The molecule has 0 aromatic heterocycles. The fourth-order valence-electron chi connectivity index (χ4n) is 3.70. The van der Waals surface area contributed by atoms with Gasteiger partial charge in [0.15, 0.2) is 5.96 Å². The maximum Gasteiger partial charge on any atom is 0.214 e. The van der Waals surface area contributed by atoms with E-state index in [1.165, 1.54) is 11.1 Å². The molecule has 0 radical (unpaired) electrons. The number of hydrogen-bond acceptors (Lipinski definition) is 3. The molecule has 6 nitrogen and oxygen atoms in total. The molecule has 2 aromatic rings. The van der Waals surface area contributed by atoms with Crippen molar-refractivity contribution in [3.05, 3.63) is 71.8 Å². The maximum atomic E-state index is 12.0. The summed E-state index contributed by atoms with van der Waals surface area (Å²) in [5, 5.41) is 6.56. The van der Waals surface area contributed by atoms with E-state index in [1.54, 1.807) is 4.31 Å². The van der Waals surface area contributed by atoms with Gasteiger partial charge in [-0.25, -0.2) is 12.7 Å². The fourth-order valence-corrected chi connectivity index (χ4v) is 5.23. The highest BCUT2D eigenvalue weighted by molar-refractivity contribution is 7.89. The van der Waals surface area contributed by atoms with Crippen LogP contribution in [0.15, 0.2) is 65.7 Å². The van der Waals surface area contributed by atoms with E-state index in [9.17, 15) is 8.42 Å². The predicted octanol–water partition coefficient (Wildman–Crippen LogP) is 2.60. The van der Waals surface area contributed by atoms with E-state index in [1.807, 2.05) is 19.1 Å². The molecular formula is C23H32N4O2S. The maximum absolute atomic E-state index is 12.0. The van der Waals surface area contributed by atoms with Gasteiger partial charge in [-0.1, -0.05) is 60.7 Å². The van der Waals surface area contributed by atoms with Crippen molar-refractivity contribution in [1.29, 1.82) is 0 Å². The van der Waals surface area contributed by atoms with E-state index in [0.717, 1.165) is 18.9 Å². The summed E-state index contributed by atoms with van der Waals surface area (Å²) in [6, 6.07) is 20.9. The number of guanidine groups is 1. The summed E-state index contributed by atoms with van der Waals surface area (Å²) < 4.78 is 25.5. The van der Waals surface area contributed by atoms with Crippen molar-refractivity contribution in [1.82, 2.24) is 14.9 Å². The molecule has 0 amide bonds. The van der Waals surface area contributed by atoms with Crippen molar-refractivity contribution < 1.29 is 8.42 Å². The van der Waals surface area contributed by atoms with Crippen LogP contribution in [0.25, 0.3) is 0 Å². The van der Waals surface area contributed by atoms with E-state index in [0.29, 0.717) is 32.6 Å². The number of rotatable bonds is 9. The number of hydrogen-bond donors (Lipinski definition) is 2. The molecule has 1 fully saturated rings. The third kappa shape index (κ3) is 6.57. The molecule has 1 unspecified atom stereocenters. The topological polar surface area (TPSA) is 73.8 Å². The van der Waals surface area contributed by atoms with Gasteiger partial charge in [-0.15, -0.1) is 0 Å². The van der Waals surface area contributed by atoms with Crippen LogP contribution in [0.1, 0.15) is 30.4 Å². The minimum Gasteiger partial charge on any atom is -0.357 e. The number of benzene rings is 2. The first-order valence-electron chi connectivity index (χ1n) is 10.7. The molecule has 1 heterocycles. The van der Waals surface area contributed by atoms with Crippen LogP contribution in [0.5, 0.6) is 0 Å². The van der Waals surface area contributed by atoms with Crippen LogP contribution in [-0.4, -0.2) is 57.2 Å². The van der Waals surface area contributed by atoms with Crippen LogP contribution in [0, 0.1) is 0 Å². The van der Waals surface area contributed by atoms with Gasteiger partial charge >= 0.3 is 0 Å². The van der Waals surface area contributed by atoms with Crippen molar-refractivity contribution in [2.24, 2.45) is 4.99 Å². The molecule has 162 valence electrons. The van der Waals surface area contributed by atoms with Crippen LogP contribution in [0.4, 0.5) is 0 Å². The average molecular weight is 429 g/mol. The molecule has 7 heteroatoms. The summed E-state index contributed by atoms with van der Waals surface area (Å²) >= 11 is 0. The first-order valence-corrected chi connectivity index (χ1v) is 12.3. The molecule has 0 saturated carbocycles. The molecule has 0 aliphatic carbocycles. The minimum atomic E-state index is -3.06. The number of aliphatic imine (C=N–C) groups is 1. The van der Waals surface area contributed by atoms with Gasteiger partial charge in [0.2, 0.25) is 10.0 Å². The van der Waals surface area contributed by atoms with E-state index in [-0.39, 0.29) is 11.7 Å². The quantitative estimate of drug-likeness (QED) is 0.476. The highest BCUT2D eigenvalue weighted by atomic mass is 32.2. The Bertz CT molecular complexity index is 901. The van der Waals surface area contributed by atoms with Gasteiger partial charge in [0, 0.05) is 38.6 Å². The lowest BCUT2D eigenvalue weighted by atomic mass is 9.92. The lowest BCUT2D eigenvalue weighted by molar-refractivity contribution is 0.445. The zero-order valence-corrected chi connectivity index (χ0v) is 18.4. The first kappa shape index (κ1) is 22.3. The first-order chi connectivity index (χ1) is 14.6. The van der Waals surface area contributed by atoms with E-state index >= 15 is 0 Å². The standard InChI is InChI=1S/C23H32N4O2S/c1-2-24-23(25-14-16-27-15-9-17-30(27,28)29)26-19-22(21-12-7-4-8-13-21)18-20-10-5-3-6-11-20/h3-8,10-13,22H,2,9,14-19H2,1H3,(H2,24,25,26). The number of nitrogens with zero attached hydrogens (tertiary/aromatic N) is 2. The Morgan fingerprint density at radius 3 is 2.40 bits per heavy atom. The molecule has 1 aliphatic heterocycles. The third-order valence-electron chi connectivity index (χ3n) is 5.27. The highest BCUT2D eigenvalue weighted by Crippen LogP contribution is 2.21. The third-order valence-corrected chi connectivity index (χ3v) is 7.22. The van der Waals surface area contributed by atoms with Crippen molar-refractivity contribution in [2.45, 2.75) is 25.7 Å². The van der Waals surface area contributed by atoms with Crippen molar-refractivity contribution >= 4 is 16.0 Å². The second-order valence-corrected chi connectivity index (χ2v) is 9.60. The normalized spacial score (nSPS) is 17.6. The monoisotopic (exact) mass is 428 g/mol. The molecule has 1 aliphatic rings. The van der Waals surface area contributed by atoms with Crippen molar-refractivity contribution in [3.8, 4) is 0 Å². The second kappa shape index (κ2) is 11.1. The fraction of sp³-hybridized carbons (Fsp3) is 0.435. The van der Waals surface area contributed by atoms with Crippen LogP contribution in [-0.2, 0) is 16.4 Å². The Morgan fingerprint density at radius 1 is 1.07 bits per heavy atom. The lowest BCUT2D eigenvalue weighted by Crippen LogP contribution is -2.42. The minimum absolute atomic E-state index is 0.263. The Hall–Kier alpha value is -2.38. The van der Waals surface area contributed by atoms with Crippen LogP contribution >= 0.6 is 0 Å². The summed E-state index contributed by atoms with van der Waals surface area (Å²) in [6.07, 6.45) is 1.63. The number of nitrogens with one attached hydrogen (secondary N) is 2.